The third kappa shape index (κ3) is 2.03. The highest BCUT2D eigenvalue weighted by Crippen LogP contribution is 2.39. The van der Waals surface area contributed by atoms with Gasteiger partial charge in [0.2, 0.25) is 0 Å². The highest BCUT2D eigenvalue weighted by molar-refractivity contribution is 5.55. The first-order chi connectivity index (χ1) is 8.17. The van der Waals surface area contributed by atoms with Crippen LogP contribution in [0.2, 0.25) is 0 Å². The Morgan fingerprint density at radius 3 is 2.35 bits per heavy atom. The molecule has 0 unspecified atom stereocenters. The summed E-state index contributed by atoms with van der Waals surface area (Å²) in [7, 11) is 2.98. The number of nitrogens with zero attached hydrogens (tertiary/aromatic N) is 1. The van der Waals surface area contributed by atoms with Gasteiger partial charge in [-0.1, -0.05) is 0 Å². The Morgan fingerprint density at radius 2 is 1.94 bits per heavy atom. The van der Waals surface area contributed by atoms with Gasteiger partial charge in [-0.05, 0) is 19.0 Å². The summed E-state index contributed by atoms with van der Waals surface area (Å²) < 4.78 is 10.2. The van der Waals surface area contributed by atoms with Crippen molar-refractivity contribution in [3.8, 4) is 11.5 Å². The Morgan fingerprint density at radius 1 is 1.35 bits per heavy atom. The highest BCUT2D eigenvalue weighted by atomic mass is 16.6. The van der Waals surface area contributed by atoms with Gasteiger partial charge in [0.15, 0.2) is 11.5 Å². The van der Waals surface area contributed by atoms with E-state index in [9.17, 15) is 10.1 Å². The Kier molecular flexibility index (Phi) is 3.14. The number of methoxy groups -OCH3 is 2. The largest absolute Gasteiger partial charge is 0.493 e. The molecule has 6 heteroatoms. The lowest BCUT2D eigenvalue weighted by atomic mass is 9.96. The molecule has 1 aliphatic heterocycles. The fraction of sp³-hybridized carbons (Fsp3) is 0.455. The molecule has 0 aromatic heterocycles. The molecule has 0 amide bonds. The van der Waals surface area contributed by atoms with Crippen molar-refractivity contribution in [1.82, 2.24) is 5.32 Å². The van der Waals surface area contributed by atoms with E-state index in [4.69, 9.17) is 9.47 Å². The van der Waals surface area contributed by atoms with Crippen molar-refractivity contribution in [1.29, 1.82) is 0 Å². The minimum atomic E-state index is -0.392. The molecule has 1 aliphatic rings. The number of hydrogen-bond donors (Lipinski definition) is 1. The molecule has 0 bridgehead atoms. The molecule has 1 aromatic rings. The first-order valence-electron chi connectivity index (χ1n) is 5.31. The van der Waals surface area contributed by atoms with Crippen LogP contribution in [0.25, 0.3) is 0 Å². The zero-order valence-electron chi connectivity index (χ0n) is 9.73. The minimum Gasteiger partial charge on any atom is -0.493 e. The summed E-state index contributed by atoms with van der Waals surface area (Å²) >= 11 is 0. The molecule has 1 saturated heterocycles. The molecule has 17 heavy (non-hydrogen) atoms. The second-order valence-electron chi connectivity index (χ2n) is 3.82. The van der Waals surface area contributed by atoms with Crippen molar-refractivity contribution in [3.63, 3.8) is 0 Å². The Balaban J connectivity index is 2.50. The van der Waals surface area contributed by atoms with Crippen molar-refractivity contribution >= 4 is 5.69 Å². The lowest BCUT2D eigenvalue weighted by molar-refractivity contribution is -0.386. The van der Waals surface area contributed by atoms with Crippen molar-refractivity contribution in [2.75, 3.05) is 20.8 Å². The van der Waals surface area contributed by atoms with E-state index < -0.39 is 4.92 Å². The molecule has 0 spiro atoms. The fourth-order valence-electron chi connectivity index (χ4n) is 1.88. The van der Waals surface area contributed by atoms with Gasteiger partial charge in [0.25, 0.3) is 5.69 Å². The van der Waals surface area contributed by atoms with Gasteiger partial charge >= 0.3 is 0 Å². The number of rotatable bonds is 4. The summed E-state index contributed by atoms with van der Waals surface area (Å²) in [5.41, 5.74) is 0.721. The standard InChI is InChI=1S/C11H14N2O4/c1-16-10-5-7(8-3-4-12-8)9(13(14)15)6-11(10)17-2/h5-6,8,12H,3-4H2,1-2H3/t8-/m1/s1. The van der Waals surface area contributed by atoms with E-state index in [-0.39, 0.29) is 11.7 Å². The van der Waals surface area contributed by atoms with E-state index in [1.54, 1.807) is 6.07 Å². The number of benzene rings is 1. The van der Waals surface area contributed by atoms with Crippen LogP contribution in [0.1, 0.15) is 18.0 Å². The van der Waals surface area contributed by atoms with Crippen LogP contribution in [0.15, 0.2) is 12.1 Å². The normalized spacial score (nSPS) is 18.4. The summed E-state index contributed by atoms with van der Waals surface area (Å²) in [5.74, 6) is 0.893. The fourth-order valence-corrected chi connectivity index (χ4v) is 1.88. The predicted octanol–water partition coefficient (Wildman–Crippen LogP) is 1.65. The number of nitrogens with one attached hydrogen (secondary N) is 1. The zero-order valence-corrected chi connectivity index (χ0v) is 9.73. The Bertz CT molecular complexity index is 443. The monoisotopic (exact) mass is 238 g/mol. The van der Waals surface area contributed by atoms with Crippen molar-refractivity contribution in [2.24, 2.45) is 0 Å². The number of nitro groups is 1. The molecule has 1 atom stereocenters. The summed E-state index contributed by atoms with van der Waals surface area (Å²) in [6, 6.07) is 3.12. The second-order valence-corrected chi connectivity index (χ2v) is 3.82. The van der Waals surface area contributed by atoms with Crippen LogP contribution >= 0.6 is 0 Å². The highest BCUT2D eigenvalue weighted by Gasteiger charge is 2.28. The van der Waals surface area contributed by atoms with Gasteiger partial charge in [-0.2, -0.15) is 0 Å². The van der Waals surface area contributed by atoms with Crippen molar-refractivity contribution in [3.05, 3.63) is 27.8 Å². The van der Waals surface area contributed by atoms with Gasteiger partial charge in [0.1, 0.15) is 0 Å². The van der Waals surface area contributed by atoms with Gasteiger partial charge in [0.05, 0.1) is 30.8 Å². The lowest BCUT2D eigenvalue weighted by Gasteiger charge is -2.28. The quantitative estimate of drug-likeness (QED) is 0.637. The maximum Gasteiger partial charge on any atom is 0.278 e. The van der Waals surface area contributed by atoms with Gasteiger partial charge in [-0.15, -0.1) is 0 Å². The van der Waals surface area contributed by atoms with Crippen LogP contribution in [0, 0.1) is 10.1 Å². The van der Waals surface area contributed by atoms with E-state index in [2.05, 4.69) is 5.32 Å². The SMILES string of the molecule is COc1cc([C@H]2CCN2)c([N+](=O)[O-])cc1OC. The summed E-state index contributed by atoms with van der Waals surface area (Å²) in [5, 5.41) is 14.2. The molecule has 1 aromatic carbocycles. The molecular formula is C11H14N2O4. The summed E-state index contributed by atoms with van der Waals surface area (Å²) in [6.45, 7) is 0.885. The van der Waals surface area contributed by atoms with Gasteiger partial charge in [-0.3, -0.25) is 10.1 Å². The van der Waals surface area contributed by atoms with E-state index in [0.717, 1.165) is 13.0 Å². The zero-order chi connectivity index (χ0) is 12.4. The maximum absolute atomic E-state index is 11.0. The number of nitro benzene ring substituents is 1. The topological polar surface area (TPSA) is 73.6 Å². The summed E-state index contributed by atoms with van der Waals surface area (Å²) in [6.07, 6.45) is 0.899. The van der Waals surface area contributed by atoms with E-state index >= 15 is 0 Å². The predicted molar refractivity (Wildman–Crippen MR) is 61.6 cm³/mol. The van der Waals surface area contributed by atoms with Crippen LogP contribution in [0.3, 0.4) is 0 Å². The van der Waals surface area contributed by atoms with E-state index in [1.807, 2.05) is 0 Å². The molecule has 0 aliphatic carbocycles. The molecular weight excluding hydrogens is 224 g/mol. The van der Waals surface area contributed by atoms with Gasteiger partial charge in [-0.25, -0.2) is 0 Å². The smallest absolute Gasteiger partial charge is 0.278 e. The van der Waals surface area contributed by atoms with E-state index in [0.29, 0.717) is 17.1 Å². The van der Waals surface area contributed by atoms with Crippen LogP contribution in [-0.2, 0) is 0 Å². The molecule has 1 fully saturated rings. The minimum absolute atomic E-state index is 0.0372. The van der Waals surface area contributed by atoms with Crippen molar-refractivity contribution in [2.45, 2.75) is 12.5 Å². The lowest BCUT2D eigenvalue weighted by Crippen LogP contribution is -2.35. The number of hydrogen-bond acceptors (Lipinski definition) is 5. The first-order valence-corrected chi connectivity index (χ1v) is 5.31. The molecule has 0 saturated carbocycles. The van der Waals surface area contributed by atoms with Crippen LogP contribution in [0.4, 0.5) is 5.69 Å². The third-order valence-corrected chi connectivity index (χ3v) is 2.93. The molecule has 0 radical (unpaired) electrons. The van der Waals surface area contributed by atoms with Crippen LogP contribution < -0.4 is 14.8 Å². The van der Waals surface area contributed by atoms with E-state index in [1.165, 1.54) is 20.3 Å². The maximum atomic E-state index is 11.0. The van der Waals surface area contributed by atoms with Crippen LogP contribution in [0.5, 0.6) is 11.5 Å². The average Bonchev–Trinajstić information content (AvgIpc) is 2.25. The number of ether oxygens (including phenoxy) is 2. The van der Waals surface area contributed by atoms with Gasteiger partial charge < -0.3 is 14.8 Å². The second kappa shape index (κ2) is 4.58. The summed E-state index contributed by atoms with van der Waals surface area (Å²) in [4.78, 5) is 10.6. The molecule has 6 nitrogen and oxygen atoms in total. The Hall–Kier alpha value is -1.82. The van der Waals surface area contributed by atoms with Crippen molar-refractivity contribution < 1.29 is 14.4 Å². The molecule has 1 N–H and O–H groups in total. The molecule has 2 rings (SSSR count). The van der Waals surface area contributed by atoms with Gasteiger partial charge in [0, 0.05) is 6.04 Å². The molecule has 92 valence electrons. The Labute approximate surface area is 98.7 Å². The third-order valence-electron chi connectivity index (χ3n) is 2.93. The van der Waals surface area contributed by atoms with Crippen LogP contribution in [-0.4, -0.2) is 25.7 Å². The average molecular weight is 238 g/mol. The molecule has 1 heterocycles. The first kappa shape index (κ1) is 11.7.